The van der Waals surface area contributed by atoms with E-state index in [-0.39, 0.29) is 26.1 Å². The number of hydrogen-bond acceptors (Lipinski definition) is 8. The number of unbranched alkanes of at least 4 members (excludes halogenated alkanes) is 30. The number of ether oxygens (including phenoxy) is 2. The Bertz CT molecular complexity index is 1480. The van der Waals surface area contributed by atoms with Crippen LogP contribution >= 0.6 is 7.82 Å². The highest BCUT2D eigenvalue weighted by Crippen LogP contribution is 2.38. The largest absolute Gasteiger partial charge is 0.756 e. The van der Waals surface area contributed by atoms with Crippen molar-refractivity contribution in [3.05, 3.63) is 72.9 Å². The Morgan fingerprint density at radius 3 is 1.11 bits per heavy atom. The van der Waals surface area contributed by atoms with Crippen molar-refractivity contribution in [3.63, 3.8) is 0 Å². The van der Waals surface area contributed by atoms with E-state index in [0.717, 1.165) is 70.6 Å². The topological polar surface area (TPSA) is 111 Å². The molecule has 2 unspecified atom stereocenters. The Labute approximate surface area is 457 Å². The predicted molar refractivity (Wildman–Crippen MR) is 314 cm³/mol. The van der Waals surface area contributed by atoms with Crippen LogP contribution < -0.4 is 4.89 Å². The SMILES string of the molecule is CCCCC/C=C\C/C=C\C/C=C\CCCCCCCCC(=O)OCC(COP(=O)([O-])OCC[N+](C)(C)C)OC(=O)CCCCCCCCCCCCCCCCCC/C=C\C/C=C\C/C=C\CCCCCCC. The van der Waals surface area contributed by atoms with Gasteiger partial charge in [-0.15, -0.1) is 0 Å². The van der Waals surface area contributed by atoms with Gasteiger partial charge >= 0.3 is 11.9 Å². The molecule has 74 heavy (non-hydrogen) atoms. The average Bonchev–Trinajstić information content (AvgIpc) is 3.36. The molecule has 0 saturated carbocycles. The van der Waals surface area contributed by atoms with Crippen LogP contribution in [0.2, 0.25) is 0 Å². The van der Waals surface area contributed by atoms with Crippen molar-refractivity contribution in [1.82, 2.24) is 0 Å². The number of carbonyl (C=O) groups excluding carboxylic acids is 2. The highest BCUT2D eigenvalue weighted by Gasteiger charge is 2.22. The second kappa shape index (κ2) is 55.2. The molecule has 0 heterocycles. The van der Waals surface area contributed by atoms with Crippen LogP contribution in [0, 0.1) is 0 Å². The van der Waals surface area contributed by atoms with E-state index in [0.29, 0.717) is 23.9 Å². The lowest BCUT2D eigenvalue weighted by molar-refractivity contribution is -0.870. The van der Waals surface area contributed by atoms with Gasteiger partial charge in [0.15, 0.2) is 6.10 Å². The van der Waals surface area contributed by atoms with Crippen molar-refractivity contribution in [2.24, 2.45) is 0 Å². The molecule has 0 amide bonds. The molecule has 0 aromatic rings. The summed E-state index contributed by atoms with van der Waals surface area (Å²) in [5.41, 5.74) is 0. The van der Waals surface area contributed by atoms with Crippen molar-refractivity contribution in [3.8, 4) is 0 Å². The highest BCUT2D eigenvalue weighted by atomic mass is 31.2. The molecular weight excluding hydrogens is 942 g/mol. The minimum Gasteiger partial charge on any atom is -0.756 e. The van der Waals surface area contributed by atoms with E-state index >= 15 is 0 Å². The molecule has 0 aromatic carbocycles. The number of rotatable bonds is 56. The summed E-state index contributed by atoms with van der Waals surface area (Å²) in [6.45, 7) is 4.20. The van der Waals surface area contributed by atoms with Crippen LogP contribution in [-0.2, 0) is 32.7 Å². The van der Waals surface area contributed by atoms with Gasteiger partial charge in [-0.25, -0.2) is 0 Å². The quantitative estimate of drug-likeness (QED) is 0.0195. The number of allylic oxidation sites excluding steroid dienone is 12. The zero-order valence-corrected chi connectivity index (χ0v) is 49.7. The molecule has 0 aliphatic rings. The summed E-state index contributed by atoms with van der Waals surface area (Å²) in [6, 6.07) is 0. The highest BCUT2D eigenvalue weighted by molar-refractivity contribution is 7.45. The first kappa shape index (κ1) is 71.5. The number of hydrogen-bond donors (Lipinski definition) is 0. The van der Waals surface area contributed by atoms with Gasteiger partial charge in [-0.3, -0.25) is 14.2 Å². The molecule has 0 N–H and O–H groups in total. The third-order valence-corrected chi connectivity index (χ3v) is 14.2. The molecule has 0 aliphatic heterocycles. The lowest BCUT2D eigenvalue weighted by atomic mass is 10.0. The minimum atomic E-state index is -4.64. The molecule has 2 atom stereocenters. The van der Waals surface area contributed by atoms with Gasteiger partial charge in [-0.05, 0) is 89.9 Å². The summed E-state index contributed by atoms with van der Waals surface area (Å²) >= 11 is 0. The second-order valence-corrected chi connectivity index (χ2v) is 23.1. The maximum absolute atomic E-state index is 12.8. The molecular formula is C64H116NO8P. The zero-order chi connectivity index (χ0) is 54.2. The Morgan fingerprint density at radius 2 is 0.730 bits per heavy atom. The van der Waals surface area contributed by atoms with Gasteiger partial charge in [0.2, 0.25) is 0 Å². The summed E-state index contributed by atoms with van der Waals surface area (Å²) in [5.74, 6) is -0.843. The van der Waals surface area contributed by atoms with Gasteiger partial charge in [0.1, 0.15) is 19.8 Å². The summed E-state index contributed by atoms with van der Waals surface area (Å²) in [6.07, 6.45) is 72.4. The number of phosphoric ester groups is 1. The summed E-state index contributed by atoms with van der Waals surface area (Å²) in [4.78, 5) is 37.9. The number of quaternary nitrogens is 1. The van der Waals surface area contributed by atoms with Crippen LogP contribution in [0.5, 0.6) is 0 Å². The van der Waals surface area contributed by atoms with E-state index in [1.807, 2.05) is 21.1 Å². The molecule has 0 rings (SSSR count). The van der Waals surface area contributed by atoms with Gasteiger partial charge in [-0.2, -0.15) is 0 Å². The normalized spacial score (nSPS) is 13.8. The fourth-order valence-electron chi connectivity index (χ4n) is 8.44. The van der Waals surface area contributed by atoms with Gasteiger partial charge in [0, 0.05) is 12.8 Å². The van der Waals surface area contributed by atoms with E-state index in [1.54, 1.807) is 0 Å². The fraction of sp³-hybridized carbons (Fsp3) is 0.781. The first-order valence-electron chi connectivity index (χ1n) is 30.6. The van der Waals surface area contributed by atoms with Crippen LogP contribution in [0.3, 0.4) is 0 Å². The lowest BCUT2D eigenvalue weighted by Gasteiger charge is -2.28. The maximum atomic E-state index is 12.8. The Balaban J connectivity index is 4.11. The molecule has 0 bridgehead atoms. The summed E-state index contributed by atoms with van der Waals surface area (Å²) in [7, 11) is 1.16. The van der Waals surface area contributed by atoms with Crippen molar-refractivity contribution < 1.29 is 42.1 Å². The van der Waals surface area contributed by atoms with Gasteiger partial charge in [0.25, 0.3) is 7.82 Å². The number of esters is 2. The molecule has 430 valence electrons. The van der Waals surface area contributed by atoms with E-state index in [4.69, 9.17) is 18.5 Å². The number of likely N-dealkylation sites (N-methyl/N-ethyl adjacent to an activating group) is 1. The van der Waals surface area contributed by atoms with Crippen molar-refractivity contribution in [2.45, 2.75) is 277 Å². The Morgan fingerprint density at radius 1 is 0.419 bits per heavy atom. The summed E-state index contributed by atoms with van der Waals surface area (Å²) < 4.78 is 34.2. The number of phosphoric acid groups is 1. The lowest BCUT2D eigenvalue weighted by Crippen LogP contribution is -2.37. The summed E-state index contributed by atoms with van der Waals surface area (Å²) in [5, 5.41) is 0. The standard InChI is InChI=1S/C64H116NO8P/c1-6-8-10-12-14-16-18-20-22-24-26-27-28-29-30-31-32-33-34-35-36-37-39-41-43-45-47-49-51-53-55-57-64(67)73-62(61-72-74(68,69)71-59-58-65(3,4)5)60-70-63(66)56-54-52-50-48-46-44-42-40-38-25-23-21-19-17-15-13-11-9-7-2/h15,17-18,20-21,23-24,26,28-29,38,40,62H,6-14,16,19,22,25,27,30-37,39,41-61H2,1-5H3/b17-15-,20-18-,23-21-,26-24-,29-28-,40-38-. The zero-order valence-electron chi connectivity index (χ0n) is 48.8. The van der Waals surface area contributed by atoms with Crippen LogP contribution in [-0.4, -0.2) is 70.0 Å². The first-order valence-corrected chi connectivity index (χ1v) is 32.1. The number of carbonyl (C=O) groups is 2. The van der Waals surface area contributed by atoms with Gasteiger partial charge in [-0.1, -0.05) is 241 Å². The van der Waals surface area contributed by atoms with Crippen LogP contribution in [0.4, 0.5) is 0 Å². The van der Waals surface area contributed by atoms with Gasteiger partial charge < -0.3 is 27.9 Å². The molecule has 9 nitrogen and oxygen atoms in total. The van der Waals surface area contributed by atoms with Crippen LogP contribution in [0.1, 0.15) is 271 Å². The molecule has 0 aliphatic carbocycles. The van der Waals surface area contributed by atoms with E-state index in [2.05, 4.69) is 86.8 Å². The van der Waals surface area contributed by atoms with Crippen LogP contribution in [0.15, 0.2) is 72.9 Å². The molecule has 0 radical (unpaired) electrons. The van der Waals surface area contributed by atoms with Crippen molar-refractivity contribution >= 4 is 19.8 Å². The smallest absolute Gasteiger partial charge is 0.306 e. The molecule has 0 fully saturated rings. The van der Waals surface area contributed by atoms with E-state index in [9.17, 15) is 19.0 Å². The van der Waals surface area contributed by atoms with E-state index < -0.39 is 32.5 Å². The average molecular weight is 1060 g/mol. The number of nitrogens with zero attached hydrogens (tertiary/aromatic N) is 1. The van der Waals surface area contributed by atoms with Gasteiger partial charge in [0.05, 0.1) is 27.7 Å². The maximum Gasteiger partial charge on any atom is 0.306 e. The molecule has 0 aromatic heterocycles. The fourth-order valence-corrected chi connectivity index (χ4v) is 9.16. The third kappa shape index (κ3) is 58.7. The third-order valence-electron chi connectivity index (χ3n) is 13.2. The van der Waals surface area contributed by atoms with Crippen molar-refractivity contribution in [1.29, 1.82) is 0 Å². The Hall–Kier alpha value is -2.55. The molecule has 0 saturated heterocycles. The molecule has 10 heteroatoms. The second-order valence-electron chi connectivity index (χ2n) is 21.7. The minimum absolute atomic E-state index is 0.0350. The van der Waals surface area contributed by atoms with Crippen LogP contribution in [0.25, 0.3) is 0 Å². The predicted octanol–water partition coefficient (Wildman–Crippen LogP) is 18.6. The molecule has 0 spiro atoms. The Kier molecular flexibility index (Phi) is 53.3. The first-order chi connectivity index (χ1) is 36.0. The monoisotopic (exact) mass is 1060 g/mol. The van der Waals surface area contributed by atoms with Crippen molar-refractivity contribution in [2.75, 3.05) is 47.5 Å². The van der Waals surface area contributed by atoms with E-state index in [1.165, 1.54) is 161 Å².